The van der Waals surface area contributed by atoms with Gasteiger partial charge in [0.1, 0.15) is 5.54 Å². The molecular weight excluding hydrogens is 282 g/mol. The lowest BCUT2D eigenvalue weighted by Gasteiger charge is -2.43. The minimum absolute atomic E-state index is 0.110. The summed E-state index contributed by atoms with van der Waals surface area (Å²) in [5, 5.41) is 3.50. The summed E-state index contributed by atoms with van der Waals surface area (Å²) in [6.45, 7) is 7.42. The summed E-state index contributed by atoms with van der Waals surface area (Å²) in [5.41, 5.74) is 0.756. The molecule has 21 heavy (non-hydrogen) atoms. The lowest BCUT2D eigenvalue weighted by Crippen LogP contribution is -2.59. The molecular formula is C17H25NO2S. The van der Waals surface area contributed by atoms with E-state index in [0.29, 0.717) is 13.2 Å². The van der Waals surface area contributed by atoms with Gasteiger partial charge in [-0.25, -0.2) is 0 Å². The van der Waals surface area contributed by atoms with E-state index in [1.54, 1.807) is 0 Å². The summed E-state index contributed by atoms with van der Waals surface area (Å²) in [5.74, 6) is 1.75. The van der Waals surface area contributed by atoms with Crippen LogP contribution in [0.25, 0.3) is 0 Å². The zero-order valence-corrected chi connectivity index (χ0v) is 14.0. The van der Waals surface area contributed by atoms with Crippen molar-refractivity contribution in [2.75, 3.05) is 18.1 Å². The Bertz CT molecular complexity index is 475. The van der Waals surface area contributed by atoms with Crippen molar-refractivity contribution in [3.8, 4) is 0 Å². The molecule has 1 saturated heterocycles. The number of benzene rings is 1. The second kappa shape index (κ2) is 6.84. The third-order valence-electron chi connectivity index (χ3n) is 3.76. The Kier molecular flexibility index (Phi) is 5.33. The second-order valence-electron chi connectivity index (χ2n) is 6.48. The van der Waals surface area contributed by atoms with Gasteiger partial charge in [0.05, 0.1) is 6.61 Å². The summed E-state index contributed by atoms with van der Waals surface area (Å²) >= 11 is 1.83. The zero-order valence-electron chi connectivity index (χ0n) is 13.1. The molecule has 4 heteroatoms. The molecule has 1 N–H and O–H groups in total. The van der Waals surface area contributed by atoms with Crippen molar-refractivity contribution in [1.29, 1.82) is 0 Å². The molecule has 0 saturated carbocycles. The molecule has 1 aliphatic rings. The lowest BCUT2D eigenvalue weighted by atomic mass is 9.79. The van der Waals surface area contributed by atoms with Crippen LogP contribution in [0.5, 0.6) is 0 Å². The minimum Gasteiger partial charge on any atom is -0.465 e. The largest absolute Gasteiger partial charge is 0.465 e. The summed E-state index contributed by atoms with van der Waals surface area (Å²) in [4.78, 5) is 12.5. The van der Waals surface area contributed by atoms with Crippen molar-refractivity contribution in [3.63, 3.8) is 0 Å². The molecule has 1 aliphatic heterocycles. The molecule has 1 aromatic carbocycles. The first-order valence-corrected chi connectivity index (χ1v) is 8.67. The lowest BCUT2D eigenvalue weighted by molar-refractivity contribution is -0.151. The Labute approximate surface area is 131 Å². The standard InChI is InChI=1S/C17H25NO2S/c1-4-20-15(19)17(11-16(2,3)12-21-13-17)18-10-14-8-6-5-7-9-14/h5-9,18H,4,10-13H2,1-3H3. The maximum absolute atomic E-state index is 12.5. The van der Waals surface area contributed by atoms with E-state index >= 15 is 0 Å². The van der Waals surface area contributed by atoms with Crippen molar-refractivity contribution < 1.29 is 9.53 Å². The van der Waals surface area contributed by atoms with Crippen LogP contribution >= 0.6 is 11.8 Å². The van der Waals surface area contributed by atoms with Gasteiger partial charge in [-0.15, -0.1) is 0 Å². The van der Waals surface area contributed by atoms with Crippen molar-refractivity contribution in [1.82, 2.24) is 5.32 Å². The first kappa shape index (κ1) is 16.4. The molecule has 1 atom stereocenters. The highest BCUT2D eigenvalue weighted by atomic mass is 32.2. The third kappa shape index (κ3) is 4.24. The number of rotatable bonds is 5. The molecule has 0 bridgehead atoms. The Morgan fingerprint density at radius 3 is 2.62 bits per heavy atom. The van der Waals surface area contributed by atoms with E-state index < -0.39 is 5.54 Å². The zero-order chi connectivity index (χ0) is 15.3. The van der Waals surface area contributed by atoms with Gasteiger partial charge < -0.3 is 4.74 Å². The van der Waals surface area contributed by atoms with E-state index in [0.717, 1.165) is 17.9 Å². The molecule has 2 rings (SSSR count). The van der Waals surface area contributed by atoms with Gasteiger partial charge >= 0.3 is 5.97 Å². The Morgan fingerprint density at radius 2 is 2.00 bits per heavy atom. The molecule has 1 heterocycles. The number of thioether (sulfide) groups is 1. The van der Waals surface area contributed by atoms with Gasteiger partial charge in [-0.3, -0.25) is 10.1 Å². The number of ether oxygens (including phenoxy) is 1. The van der Waals surface area contributed by atoms with Crippen LogP contribution in [-0.4, -0.2) is 29.6 Å². The van der Waals surface area contributed by atoms with E-state index in [4.69, 9.17) is 4.74 Å². The molecule has 1 fully saturated rings. The average Bonchev–Trinajstić information content (AvgIpc) is 2.45. The maximum Gasteiger partial charge on any atom is 0.327 e. The van der Waals surface area contributed by atoms with E-state index in [1.165, 1.54) is 5.56 Å². The summed E-state index contributed by atoms with van der Waals surface area (Å²) in [6.07, 6.45) is 0.818. The molecule has 0 spiro atoms. The molecule has 0 amide bonds. The first-order valence-electron chi connectivity index (χ1n) is 7.51. The van der Waals surface area contributed by atoms with Gasteiger partial charge in [0.25, 0.3) is 0 Å². The van der Waals surface area contributed by atoms with E-state index in [-0.39, 0.29) is 11.4 Å². The van der Waals surface area contributed by atoms with Crippen LogP contribution in [0.4, 0.5) is 0 Å². The highest BCUT2D eigenvalue weighted by molar-refractivity contribution is 7.99. The molecule has 0 radical (unpaired) electrons. The fourth-order valence-corrected chi connectivity index (χ4v) is 4.30. The first-order chi connectivity index (χ1) is 9.97. The number of hydrogen-bond acceptors (Lipinski definition) is 4. The van der Waals surface area contributed by atoms with Gasteiger partial charge in [-0.2, -0.15) is 11.8 Å². The minimum atomic E-state index is -0.571. The molecule has 3 nitrogen and oxygen atoms in total. The summed E-state index contributed by atoms with van der Waals surface area (Å²) < 4.78 is 5.35. The number of carbonyl (C=O) groups is 1. The van der Waals surface area contributed by atoms with Crippen LogP contribution in [0, 0.1) is 5.41 Å². The highest BCUT2D eigenvalue weighted by Crippen LogP contribution is 2.40. The van der Waals surface area contributed by atoms with Crippen LogP contribution in [0.15, 0.2) is 30.3 Å². The van der Waals surface area contributed by atoms with Crippen molar-refractivity contribution in [3.05, 3.63) is 35.9 Å². The Morgan fingerprint density at radius 1 is 1.29 bits per heavy atom. The normalized spacial score (nSPS) is 24.5. The number of hydrogen-bond donors (Lipinski definition) is 1. The van der Waals surface area contributed by atoms with Crippen molar-refractivity contribution in [2.24, 2.45) is 5.41 Å². The molecule has 0 aliphatic carbocycles. The predicted molar refractivity (Wildman–Crippen MR) is 88.4 cm³/mol. The van der Waals surface area contributed by atoms with Gasteiger partial charge in [-0.1, -0.05) is 44.2 Å². The van der Waals surface area contributed by atoms with E-state index in [2.05, 4.69) is 31.3 Å². The Balaban J connectivity index is 2.14. The van der Waals surface area contributed by atoms with E-state index in [1.807, 2.05) is 36.9 Å². The molecule has 116 valence electrons. The van der Waals surface area contributed by atoms with Crippen LogP contribution in [-0.2, 0) is 16.1 Å². The number of nitrogens with one attached hydrogen (secondary N) is 1. The van der Waals surface area contributed by atoms with Crippen LogP contribution in [0.1, 0.15) is 32.8 Å². The van der Waals surface area contributed by atoms with Gasteiger partial charge in [0.15, 0.2) is 0 Å². The smallest absolute Gasteiger partial charge is 0.327 e. The number of carbonyl (C=O) groups excluding carboxylic acids is 1. The SMILES string of the molecule is CCOC(=O)C1(NCc2ccccc2)CSCC(C)(C)C1. The maximum atomic E-state index is 12.5. The van der Waals surface area contributed by atoms with Crippen LogP contribution in [0.2, 0.25) is 0 Å². The van der Waals surface area contributed by atoms with Crippen LogP contribution < -0.4 is 5.32 Å². The quantitative estimate of drug-likeness (QED) is 0.848. The summed E-state index contributed by atoms with van der Waals surface area (Å²) in [7, 11) is 0. The monoisotopic (exact) mass is 307 g/mol. The molecule has 1 aromatic rings. The van der Waals surface area contributed by atoms with Crippen molar-refractivity contribution >= 4 is 17.7 Å². The third-order valence-corrected chi connectivity index (χ3v) is 5.44. The van der Waals surface area contributed by atoms with Crippen LogP contribution in [0.3, 0.4) is 0 Å². The Hall–Kier alpha value is -1.00. The molecule has 0 aromatic heterocycles. The average molecular weight is 307 g/mol. The van der Waals surface area contributed by atoms with E-state index in [9.17, 15) is 4.79 Å². The number of esters is 1. The predicted octanol–water partition coefficient (Wildman–Crippen LogP) is 3.24. The topological polar surface area (TPSA) is 38.3 Å². The fourth-order valence-electron chi connectivity index (χ4n) is 2.87. The second-order valence-corrected chi connectivity index (χ2v) is 7.46. The van der Waals surface area contributed by atoms with Gasteiger partial charge in [0.2, 0.25) is 0 Å². The summed E-state index contributed by atoms with van der Waals surface area (Å²) in [6, 6.07) is 10.2. The van der Waals surface area contributed by atoms with Gasteiger partial charge in [-0.05, 0) is 30.1 Å². The highest BCUT2D eigenvalue weighted by Gasteiger charge is 2.46. The fraction of sp³-hybridized carbons (Fsp3) is 0.588. The molecule has 1 unspecified atom stereocenters. The van der Waals surface area contributed by atoms with Crippen molar-refractivity contribution in [2.45, 2.75) is 39.3 Å². The van der Waals surface area contributed by atoms with Gasteiger partial charge in [0, 0.05) is 12.3 Å².